The van der Waals surface area contributed by atoms with Gasteiger partial charge in [0.25, 0.3) is 5.91 Å². The quantitative estimate of drug-likeness (QED) is 0.617. The van der Waals surface area contributed by atoms with E-state index in [2.05, 4.69) is 22.9 Å². The number of unbranched alkanes of at least 4 members (excludes halogenated alkanes) is 2. The highest BCUT2D eigenvalue weighted by molar-refractivity contribution is 5.94. The molecule has 0 aliphatic heterocycles. The minimum atomic E-state index is -0.354. The zero-order valence-electron chi connectivity index (χ0n) is 15.2. The summed E-state index contributed by atoms with van der Waals surface area (Å²) in [4.78, 5) is 17.2. The van der Waals surface area contributed by atoms with Crippen LogP contribution < -0.4 is 5.32 Å². The average molecular weight is 353 g/mol. The molecule has 3 rings (SSSR count). The van der Waals surface area contributed by atoms with E-state index in [9.17, 15) is 9.18 Å². The largest absolute Gasteiger partial charge is 0.342 e. The van der Waals surface area contributed by atoms with Crippen LogP contribution in [0.2, 0.25) is 0 Å². The lowest BCUT2D eigenvalue weighted by atomic mass is 10.2. The molecule has 4 nitrogen and oxygen atoms in total. The lowest BCUT2D eigenvalue weighted by Crippen LogP contribution is -2.28. The third-order valence-corrected chi connectivity index (χ3v) is 4.51. The first-order valence-corrected chi connectivity index (χ1v) is 9.11. The smallest absolute Gasteiger partial charge is 0.251 e. The van der Waals surface area contributed by atoms with Gasteiger partial charge in [0.15, 0.2) is 0 Å². The Kier molecular flexibility index (Phi) is 5.66. The van der Waals surface area contributed by atoms with E-state index in [0.29, 0.717) is 5.56 Å². The highest BCUT2D eigenvalue weighted by atomic mass is 19.1. The molecule has 1 unspecified atom stereocenters. The van der Waals surface area contributed by atoms with Crippen LogP contribution in [0.15, 0.2) is 48.5 Å². The van der Waals surface area contributed by atoms with Crippen molar-refractivity contribution in [1.82, 2.24) is 14.9 Å². The van der Waals surface area contributed by atoms with Crippen molar-refractivity contribution in [3.63, 3.8) is 0 Å². The number of nitrogens with one attached hydrogen (secondary N) is 1. The van der Waals surface area contributed by atoms with Crippen LogP contribution in [0.5, 0.6) is 0 Å². The molecule has 5 heteroatoms. The third kappa shape index (κ3) is 3.93. The summed E-state index contributed by atoms with van der Waals surface area (Å²) in [6.45, 7) is 4.98. The van der Waals surface area contributed by atoms with Gasteiger partial charge in [-0.2, -0.15) is 0 Å². The molecule has 0 fully saturated rings. The number of amides is 1. The molecular formula is C21H24FN3O. The molecule has 1 atom stereocenters. The van der Waals surface area contributed by atoms with Crippen LogP contribution in [-0.4, -0.2) is 15.5 Å². The molecule has 1 amide bonds. The first kappa shape index (κ1) is 18.1. The van der Waals surface area contributed by atoms with E-state index in [0.717, 1.165) is 42.7 Å². The normalized spacial score (nSPS) is 12.3. The predicted molar refractivity (Wildman–Crippen MR) is 102 cm³/mol. The van der Waals surface area contributed by atoms with Crippen LogP contribution in [0.25, 0.3) is 11.0 Å². The Hall–Kier alpha value is -2.69. The SMILES string of the molecule is CCCCCn1c(C(C)NC(=O)c2ccc(F)cc2)nc2ccccc21. The summed E-state index contributed by atoms with van der Waals surface area (Å²) in [6.07, 6.45) is 3.38. The summed E-state index contributed by atoms with van der Waals surface area (Å²) in [5.74, 6) is 0.259. The van der Waals surface area contributed by atoms with Crippen LogP contribution in [-0.2, 0) is 6.54 Å². The molecule has 3 aromatic rings. The fourth-order valence-corrected chi connectivity index (χ4v) is 3.13. The maximum Gasteiger partial charge on any atom is 0.251 e. The molecule has 0 radical (unpaired) electrons. The number of hydrogen-bond acceptors (Lipinski definition) is 2. The van der Waals surface area contributed by atoms with Crippen molar-refractivity contribution in [3.8, 4) is 0 Å². The number of rotatable bonds is 7. The van der Waals surface area contributed by atoms with Gasteiger partial charge in [-0.3, -0.25) is 4.79 Å². The Morgan fingerprint density at radius 1 is 1.15 bits per heavy atom. The zero-order valence-corrected chi connectivity index (χ0v) is 15.2. The zero-order chi connectivity index (χ0) is 18.5. The molecule has 1 heterocycles. The van der Waals surface area contributed by atoms with Crippen LogP contribution in [0.1, 0.15) is 55.3 Å². The number of fused-ring (bicyclic) bond motifs is 1. The first-order valence-electron chi connectivity index (χ1n) is 9.11. The summed E-state index contributed by atoms with van der Waals surface area (Å²) >= 11 is 0. The average Bonchev–Trinajstić information content (AvgIpc) is 3.01. The van der Waals surface area contributed by atoms with Crippen molar-refractivity contribution in [3.05, 3.63) is 65.7 Å². The van der Waals surface area contributed by atoms with Crippen molar-refractivity contribution in [1.29, 1.82) is 0 Å². The Morgan fingerprint density at radius 3 is 2.62 bits per heavy atom. The standard InChI is InChI=1S/C21H24FN3O/c1-3-4-7-14-25-19-9-6-5-8-18(19)24-20(25)15(2)23-21(26)16-10-12-17(22)13-11-16/h5-6,8-13,15H,3-4,7,14H2,1-2H3,(H,23,26). The maximum atomic E-state index is 13.1. The second-order valence-corrected chi connectivity index (χ2v) is 6.52. The lowest BCUT2D eigenvalue weighted by Gasteiger charge is -2.16. The topological polar surface area (TPSA) is 46.9 Å². The van der Waals surface area contributed by atoms with Crippen LogP contribution in [0.3, 0.4) is 0 Å². The molecule has 0 spiro atoms. The number of aryl methyl sites for hydroxylation is 1. The molecule has 0 saturated carbocycles. The summed E-state index contributed by atoms with van der Waals surface area (Å²) < 4.78 is 15.2. The first-order chi connectivity index (χ1) is 12.6. The molecule has 0 aliphatic carbocycles. The van der Waals surface area contributed by atoms with Gasteiger partial charge in [0, 0.05) is 12.1 Å². The minimum Gasteiger partial charge on any atom is -0.342 e. The number of carbonyl (C=O) groups excluding carboxylic acids is 1. The second kappa shape index (κ2) is 8.13. The summed E-state index contributed by atoms with van der Waals surface area (Å²) in [6, 6.07) is 13.3. The molecule has 0 saturated heterocycles. The molecule has 26 heavy (non-hydrogen) atoms. The van der Waals surface area contributed by atoms with Gasteiger partial charge in [-0.05, 0) is 49.7 Å². The number of para-hydroxylation sites is 2. The lowest BCUT2D eigenvalue weighted by molar-refractivity contribution is 0.0937. The van der Waals surface area contributed by atoms with Gasteiger partial charge in [0.05, 0.1) is 17.1 Å². The van der Waals surface area contributed by atoms with E-state index in [4.69, 9.17) is 4.98 Å². The highest BCUT2D eigenvalue weighted by Crippen LogP contribution is 2.22. The number of benzene rings is 2. The van der Waals surface area contributed by atoms with E-state index in [1.54, 1.807) is 0 Å². The van der Waals surface area contributed by atoms with Crippen molar-refractivity contribution in [2.24, 2.45) is 0 Å². The summed E-state index contributed by atoms with van der Waals surface area (Å²) in [7, 11) is 0. The van der Waals surface area contributed by atoms with E-state index in [-0.39, 0.29) is 17.8 Å². The van der Waals surface area contributed by atoms with Crippen LogP contribution in [0.4, 0.5) is 4.39 Å². The molecule has 0 bridgehead atoms. The third-order valence-electron chi connectivity index (χ3n) is 4.51. The Morgan fingerprint density at radius 2 is 1.88 bits per heavy atom. The van der Waals surface area contributed by atoms with Crippen molar-refractivity contribution in [2.45, 2.75) is 45.7 Å². The van der Waals surface area contributed by atoms with Crippen molar-refractivity contribution >= 4 is 16.9 Å². The maximum absolute atomic E-state index is 13.1. The van der Waals surface area contributed by atoms with Gasteiger partial charge in [-0.25, -0.2) is 9.37 Å². The Balaban J connectivity index is 1.84. The van der Waals surface area contributed by atoms with Gasteiger partial charge < -0.3 is 9.88 Å². The fourth-order valence-electron chi connectivity index (χ4n) is 3.13. The Bertz CT molecular complexity index is 886. The molecule has 136 valence electrons. The highest BCUT2D eigenvalue weighted by Gasteiger charge is 2.18. The van der Waals surface area contributed by atoms with Gasteiger partial charge >= 0.3 is 0 Å². The van der Waals surface area contributed by atoms with Crippen molar-refractivity contribution < 1.29 is 9.18 Å². The van der Waals surface area contributed by atoms with Gasteiger partial charge in [0.2, 0.25) is 0 Å². The number of hydrogen-bond donors (Lipinski definition) is 1. The monoisotopic (exact) mass is 353 g/mol. The van der Waals surface area contributed by atoms with E-state index in [1.807, 2.05) is 25.1 Å². The Labute approximate surface area is 153 Å². The van der Waals surface area contributed by atoms with Gasteiger partial charge in [-0.15, -0.1) is 0 Å². The fraction of sp³-hybridized carbons (Fsp3) is 0.333. The molecule has 2 aromatic carbocycles. The summed E-state index contributed by atoms with van der Waals surface area (Å²) in [5.41, 5.74) is 2.45. The van der Waals surface area contributed by atoms with Crippen LogP contribution in [0, 0.1) is 5.82 Å². The number of imidazole rings is 1. The van der Waals surface area contributed by atoms with Gasteiger partial charge in [-0.1, -0.05) is 31.9 Å². The van der Waals surface area contributed by atoms with E-state index >= 15 is 0 Å². The minimum absolute atomic E-state index is 0.232. The molecule has 0 aliphatic rings. The van der Waals surface area contributed by atoms with E-state index in [1.165, 1.54) is 24.3 Å². The van der Waals surface area contributed by atoms with E-state index < -0.39 is 0 Å². The summed E-state index contributed by atoms with van der Waals surface area (Å²) in [5, 5.41) is 2.98. The molecular weight excluding hydrogens is 329 g/mol. The number of nitrogens with zero attached hydrogens (tertiary/aromatic N) is 2. The second-order valence-electron chi connectivity index (χ2n) is 6.52. The number of halogens is 1. The van der Waals surface area contributed by atoms with Gasteiger partial charge in [0.1, 0.15) is 11.6 Å². The number of aromatic nitrogens is 2. The van der Waals surface area contributed by atoms with Crippen molar-refractivity contribution in [2.75, 3.05) is 0 Å². The molecule has 1 N–H and O–H groups in total. The molecule has 1 aromatic heterocycles. The number of carbonyl (C=O) groups is 1. The van der Waals surface area contributed by atoms with Crippen LogP contribution >= 0.6 is 0 Å². The predicted octanol–water partition coefficient (Wildman–Crippen LogP) is 4.86.